The Bertz CT molecular complexity index is 970. The summed E-state index contributed by atoms with van der Waals surface area (Å²) >= 11 is 0. The molecule has 0 unspecified atom stereocenters. The van der Waals surface area contributed by atoms with E-state index in [1.54, 1.807) is 0 Å². The van der Waals surface area contributed by atoms with Crippen molar-refractivity contribution < 1.29 is 14.7 Å². The molecular weight excluding hydrogens is 348 g/mol. The van der Waals surface area contributed by atoms with Gasteiger partial charge in [-0.15, -0.1) is 0 Å². The van der Waals surface area contributed by atoms with Crippen LogP contribution in [0.2, 0.25) is 0 Å². The molecule has 27 heavy (non-hydrogen) atoms. The molecule has 1 amide bonds. The third-order valence-corrected chi connectivity index (χ3v) is 4.37. The molecule has 4 rings (SSSR count). The summed E-state index contributed by atoms with van der Waals surface area (Å²) in [6.45, 7) is 0.148. The van der Waals surface area contributed by atoms with Gasteiger partial charge in [-0.3, -0.25) is 4.79 Å². The maximum Gasteiger partial charge on any atom is 0.326 e. The topological polar surface area (TPSA) is 124 Å². The van der Waals surface area contributed by atoms with Crippen molar-refractivity contribution in [1.82, 2.24) is 24.8 Å². The number of carbonyl (C=O) groups excluding carboxylic acids is 1. The Kier molecular flexibility index (Phi) is 4.25. The van der Waals surface area contributed by atoms with E-state index in [1.165, 1.54) is 23.6 Å². The number of anilines is 2. The van der Waals surface area contributed by atoms with Gasteiger partial charge in [0.25, 0.3) is 5.91 Å². The van der Waals surface area contributed by atoms with E-state index in [-0.39, 0.29) is 18.5 Å². The average molecular weight is 364 g/mol. The molecule has 0 radical (unpaired) electrons. The smallest absolute Gasteiger partial charge is 0.326 e. The number of imidazole rings is 1. The third kappa shape index (κ3) is 3.34. The lowest BCUT2D eigenvalue weighted by molar-refractivity contribution is -0.142. The number of H-pyrrole nitrogens is 1. The predicted octanol–water partition coefficient (Wildman–Crippen LogP) is 1.59. The number of hydrogen-bond donors (Lipinski definition) is 3. The first-order chi connectivity index (χ1) is 13.1. The summed E-state index contributed by atoms with van der Waals surface area (Å²) in [6, 6.07) is 8.43. The van der Waals surface area contributed by atoms with Crippen LogP contribution in [0, 0.1) is 0 Å². The van der Waals surface area contributed by atoms with Gasteiger partial charge in [-0.2, -0.15) is 0 Å². The number of nitrogens with one attached hydrogen (secondary N) is 2. The van der Waals surface area contributed by atoms with Crippen LogP contribution in [-0.2, 0) is 17.8 Å². The summed E-state index contributed by atoms with van der Waals surface area (Å²) in [6.07, 6.45) is 4.45. The third-order valence-electron chi connectivity index (χ3n) is 4.37. The van der Waals surface area contributed by atoms with Gasteiger partial charge in [0.05, 0.1) is 29.8 Å². The lowest BCUT2D eigenvalue weighted by atomic mass is 10.0. The molecule has 2 aromatic heterocycles. The normalized spacial score (nSPS) is 15.9. The van der Waals surface area contributed by atoms with Gasteiger partial charge < -0.3 is 20.3 Å². The van der Waals surface area contributed by atoms with E-state index in [0.29, 0.717) is 11.6 Å². The molecule has 1 aliphatic rings. The highest BCUT2D eigenvalue weighted by atomic mass is 16.4. The van der Waals surface area contributed by atoms with E-state index >= 15 is 0 Å². The summed E-state index contributed by atoms with van der Waals surface area (Å²) in [5, 5.41) is 12.5. The number of nitrogens with zero attached hydrogens (tertiary/aromatic N) is 4. The van der Waals surface area contributed by atoms with Crippen molar-refractivity contribution in [3.8, 4) is 0 Å². The molecule has 0 saturated carbocycles. The van der Waals surface area contributed by atoms with Crippen molar-refractivity contribution in [3.63, 3.8) is 0 Å². The van der Waals surface area contributed by atoms with Crippen LogP contribution in [0.25, 0.3) is 0 Å². The zero-order chi connectivity index (χ0) is 18.8. The highest BCUT2D eigenvalue weighted by molar-refractivity contribution is 5.96. The Morgan fingerprint density at radius 1 is 1.15 bits per heavy atom. The first-order valence-electron chi connectivity index (χ1n) is 8.31. The molecule has 3 N–H and O–H groups in total. The SMILES string of the molecule is O=C(O)[C@H]1Cc2nc[nH]c2CN1C(=O)c1cnc(Nc2ccccc2)nc1. The first-order valence-corrected chi connectivity index (χ1v) is 8.31. The minimum atomic E-state index is -1.07. The van der Waals surface area contributed by atoms with E-state index in [2.05, 4.69) is 25.3 Å². The number of hydrogen-bond acceptors (Lipinski definition) is 6. The van der Waals surface area contributed by atoms with Crippen molar-refractivity contribution >= 4 is 23.5 Å². The summed E-state index contributed by atoms with van der Waals surface area (Å²) < 4.78 is 0. The molecule has 3 heterocycles. The number of aromatic nitrogens is 4. The van der Waals surface area contributed by atoms with E-state index in [9.17, 15) is 14.7 Å². The molecule has 1 aliphatic heterocycles. The molecular formula is C18H16N6O3. The zero-order valence-corrected chi connectivity index (χ0v) is 14.2. The molecule has 1 atom stereocenters. The summed E-state index contributed by atoms with van der Waals surface area (Å²) in [4.78, 5) is 41.1. The first kappa shape index (κ1) is 16.7. The number of para-hydroxylation sites is 1. The van der Waals surface area contributed by atoms with E-state index < -0.39 is 17.9 Å². The van der Waals surface area contributed by atoms with Crippen molar-refractivity contribution in [2.75, 3.05) is 5.32 Å². The number of aromatic amines is 1. The Labute approximate surface area is 154 Å². The van der Waals surface area contributed by atoms with Crippen molar-refractivity contribution in [2.45, 2.75) is 19.0 Å². The van der Waals surface area contributed by atoms with Gasteiger partial charge in [-0.25, -0.2) is 19.7 Å². The fourth-order valence-electron chi connectivity index (χ4n) is 2.99. The molecule has 9 heteroatoms. The van der Waals surface area contributed by atoms with E-state index in [4.69, 9.17) is 0 Å². The number of carboxylic acids is 1. The van der Waals surface area contributed by atoms with E-state index in [0.717, 1.165) is 11.4 Å². The number of carboxylic acid groups (broad SMARTS) is 1. The molecule has 0 fully saturated rings. The zero-order valence-electron chi connectivity index (χ0n) is 14.2. The number of carbonyl (C=O) groups is 2. The monoisotopic (exact) mass is 364 g/mol. The highest BCUT2D eigenvalue weighted by Gasteiger charge is 2.36. The van der Waals surface area contributed by atoms with Gasteiger partial charge in [0.15, 0.2) is 0 Å². The molecule has 1 aromatic carbocycles. The van der Waals surface area contributed by atoms with Crippen LogP contribution < -0.4 is 5.32 Å². The van der Waals surface area contributed by atoms with Crippen LogP contribution in [0.15, 0.2) is 49.1 Å². The number of amides is 1. The summed E-state index contributed by atoms with van der Waals surface area (Å²) in [7, 11) is 0. The second-order valence-corrected chi connectivity index (χ2v) is 6.11. The molecule has 0 saturated heterocycles. The standard InChI is InChI=1S/C18H16N6O3/c25-16(24-9-14-13(21-10-22-14)6-15(24)17(26)27)11-7-19-18(20-8-11)23-12-4-2-1-3-5-12/h1-5,7-8,10,15H,6,9H2,(H,21,22)(H,26,27)(H,19,20,23)/t15-/m1/s1. The number of fused-ring (bicyclic) bond motifs is 1. The minimum absolute atomic E-state index is 0.148. The number of benzene rings is 1. The van der Waals surface area contributed by atoms with E-state index in [1.807, 2.05) is 30.3 Å². The number of aliphatic carboxylic acids is 1. The van der Waals surface area contributed by atoms with Gasteiger partial charge in [-0.05, 0) is 12.1 Å². The second kappa shape index (κ2) is 6.87. The van der Waals surface area contributed by atoms with Crippen LogP contribution in [0.4, 0.5) is 11.6 Å². The van der Waals surface area contributed by atoms with Gasteiger partial charge >= 0.3 is 5.97 Å². The summed E-state index contributed by atoms with van der Waals surface area (Å²) in [5.41, 5.74) is 2.46. The molecule has 0 spiro atoms. The van der Waals surface area contributed by atoms with Crippen molar-refractivity contribution in [3.05, 3.63) is 66.0 Å². The Morgan fingerprint density at radius 2 is 1.89 bits per heavy atom. The predicted molar refractivity (Wildman–Crippen MR) is 95.3 cm³/mol. The van der Waals surface area contributed by atoms with Crippen molar-refractivity contribution in [2.24, 2.45) is 0 Å². The average Bonchev–Trinajstić information content (AvgIpc) is 3.15. The van der Waals surface area contributed by atoms with Crippen LogP contribution in [-0.4, -0.2) is 47.9 Å². The van der Waals surface area contributed by atoms with Crippen LogP contribution in [0.1, 0.15) is 21.7 Å². The second-order valence-electron chi connectivity index (χ2n) is 6.11. The molecule has 9 nitrogen and oxygen atoms in total. The van der Waals surface area contributed by atoms with Crippen molar-refractivity contribution in [1.29, 1.82) is 0 Å². The molecule has 3 aromatic rings. The van der Waals surface area contributed by atoms with Crippen LogP contribution in [0.5, 0.6) is 0 Å². The van der Waals surface area contributed by atoms with Crippen LogP contribution >= 0.6 is 0 Å². The Balaban J connectivity index is 1.54. The lowest BCUT2D eigenvalue weighted by Crippen LogP contribution is -2.48. The molecule has 136 valence electrons. The number of rotatable bonds is 4. The fourth-order valence-corrected chi connectivity index (χ4v) is 2.99. The Morgan fingerprint density at radius 3 is 2.59 bits per heavy atom. The van der Waals surface area contributed by atoms with Crippen LogP contribution in [0.3, 0.4) is 0 Å². The molecule has 0 aliphatic carbocycles. The van der Waals surface area contributed by atoms with Gasteiger partial charge in [0, 0.05) is 24.5 Å². The largest absolute Gasteiger partial charge is 0.480 e. The lowest BCUT2D eigenvalue weighted by Gasteiger charge is -2.32. The van der Waals surface area contributed by atoms with Gasteiger partial charge in [-0.1, -0.05) is 18.2 Å². The molecule has 0 bridgehead atoms. The Hall–Kier alpha value is -3.75. The van der Waals surface area contributed by atoms with Gasteiger partial charge in [0.1, 0.15) is 6.04 Å². The summed E-state index contributed by atoms with van der Waals surface area (Å²) in [5.74, 6) is -1.16. The highest BCUT2D eigenvalue weighted by Crippen LogP contribution is 2.23. The quantitative estimate of drug-likeness (QED) is 0.642. The fraction of sp³-hybridized carbons (Fsp3) is 0.167. The maximum absolute atomic E-state index is 12.8. The maximum atomic E-state index is 12.8. The van der Waals surface area contributed by atoms with Gasteiger partial charge in [0.2, 0.25) is 5.95 Å². The minimum Gasteiger partial charge on any atom is -0.480 e.